The van der Waals surface area contributed by atoms with Gasteiger partial charge in [-0.1, -0.05) is 29.8 Å². The van der Waals surface area contributed by atoms with Crippen LogP contribution >= 0.6 is 0 Å². The third kappa shape index (κ3) is 3.72. The van der Waals surface area contributed by atoms with E-state index in [9.17, 15) is 18.0 Å². The van der Waals surface area contributed by atoms with Crippen LogP contribution in [0.2, 0.25) is 0 Å². The van der Waals surface area contributed by atoms with Crippen LogP contribution in [0, 0.1) is 6.92 Å². The number of hydrogen-bond acceptors (Lipinski definition) is 2. The number of carbonyl (C=O) groups is 1. The average molecular weight is 230 g/mol. The molecule has 0 saturated heterocycles. The Morgan fingerprint density at radius 1 is 1.31 bits per heavy atom. The minimum atomic E-state index is -4.91. The molecule has 16 heavy (non-hydrogen) atoms. The number of nitrogens with one attached hydrogen (secondary N) is 1. The fourth-order valence-electron chi connectivity index (χ4n) is 0.881. The Morgan fingerprint density at radius 3 is 2.38 bits per heavy atom. The molecule has 0 bridgehead atoms. The van der Waals surface area contributed by atoms with Gasteiger partial charge in [0, 0.05) is 0 Å². The molecule has 1 rings (SSSR count). The van der Waals surface area contributed by atoms with Gasteiger partial charge in [0.1, 0.15) is 0 Å². The lowest BCUT2D eigenvalue weighted by Gasteiger charge is -2.02. The molecule has 1 aromatic rings. The molecule has 3 nitrogen and oxygen atoms in total. The van der Waals surface area contributed by atoms with E-state index in [-0.39, 0.29) is 0 Å². The Morgan fingerprint density at radius 2 is 1.88 bits per heavy atom. The lowest BCUT2D eigenvalue weighted by molar-refractivity contribution is -0.173. The van der Waals surface area contributed by atoms with Gasteiger partial charge in [0.15, 0.2) is 0 Å². The second kappa shape index (κ2) is 4.78. The Balaban J connectivity index is 2.56. The van der Waals surface area contributed by atoms with Crippen LogP contribution in [0.5, 0.6) is 0 Å². The molecule has 1 aromatic carbocycles. The summed E-state index contributed by atoms with van der Waals surface area (Å²) in [7, 11) is 0. The van der Waals surface area contributed by atoms with Gasteiger partial charge in [-0.05, 0) is 12.5 Å². The summed E-state index contributed by atoms with van der Waals surface area (Å²) < 4.78 is 35.2. The van der Waals surface area contributed by atoms with Crippen LogP contribution in [0.4, 0.5) is 13.2 Å². The number of amides is 1. The van der Waals surface area contributed by atoms with Crippen LogP contribution in [0.3, 0.4) is 0 Å². The molecule has 6 heteroatoms. The second-order valence-corrected chi connectivity index (χ2v) is 3.11. The SMILES string of the molecule is Cc1ccc(/C=N\NC(=O)C(F)(F)F)cc1. The van der Waals surface area contributed by atoms with E-state index >= 15 is 0 Å². The Hall–Kier alpha value is -1.85. The van der Waals surface area contributed by atoms with Gasteiger partial charge in [0.25, 0.3) is 0 Å². The van der Waals surface area contributed by atoms with Gasteiger partial charge in [-0.25, -0.2) is 5.43 Å². The number of hydrogen-bond donors (Lipinski definition) is 1. The minimum Gasteiger partial charge on any atom is -0.263 e. The highest BCUT2D eigenvalue weighted by Crippen LogP contribution is 2.13. The molecule has 0 aliphatic heterocycles. The third-order valence-electron chi connectivity index (χ3n) is 1.71. The number of carbonyl (C=O) groups excluding carboxylic acids is 1. The maximum absolute atomic E-state index is 11.7. The van der Waals surface area contributed by atoms with Crippen molar-refractivity contribution in [3.63, 3.8) is 0 Å². The van der Waals surface area contributed by atoms with Gasteiger partial charge < -0.3 is 0 Å². The van der Waals surface area contributed by atoms with E-state index in [1.807, 2.05) is 6.92 Å². The molecule has 0 spiro atoms. The summed E-state index contributed by atoms with van der Waals surface area (Å²) in [4.78, 5) is 10.4. The van der Waals surface area contributed by atoms with Crippen molar-refractivity contribution in [1.82, 2.24) is 5.43 Å². The molecule has 86 valence electrons. The van der Waals surface area contributed by atoms with Crippen LogP contribution in [0.1, 0.15) is 11.1 Å². The second-order valence-electron chi connectivity index (χ2n) is 3.11. The summed E-state index contributed by atoms with van der Waals surface area (Å²) in [6, 6.07) is 6.93. The molecule has 0 aliphatic carbocycles. The van der Waals surface area contributed by atoms with E-state index in [1.165, 1.54) is 5.43 Å². The number of alkyl halides is 3. The summed E-state index contributed by atoms with van der Waals surface area (Å²) >= 11 is 0. The number of aryl methyl sites for hydroxylation is 1. The van der Waals surface area contributed by atoms with Crippen LogP contribution in [0.25, 0.3) is 0 Å². The number of halogens is 3. The van der Waals surface area contributed by atoms with Crippen molar-refractivity contribution < 1.29 is 18.0 Å². The predicted octanol–water partition coefficient (Wildman–Crippen LogP) is 2.01. The first kappa shape index (κ1) is 12.2. The van der Waals surface area contributed by atoms with Crippen LogP contribution in [-0.2, 0) is 4.79 Å². The van der Waals surface area contributed by atoms with Crippen molar-refractivity contribution in [1.29, 1.82) is 0 Å². The van der Waals surface area contributed by atoms with Crippen molar-refractivity contribution in [2.75, 3.05) is 0 Å². The summed E-state index contributed by atoms with van der Waals surface area (Å²) in [5, 5.41) is 3.19. The Labute approximate surface area is 90.0 Å². The maximum Gasteiger partial charge on any atom is 0.473 e. The highest BCUT2D eigenvalue weighted by molar-refractivity contribution is 5.84. The van der Waals surface area contributed by atoms with Crippen molar-refractivity contribution in [2.24, 2.45) is 5.10 Å². The molecule has 0 aliphatic rings. The topological polar surface area (TPSA) is 41.5 Å². The van der Waals surface area contributed by atoms with E-state index < -0.39 is 12.1 Å². The first-order chi connectivity index (χ1) is 7.39. The van der Waals surface area contributed by atoms with Gasteiger partial charge in [-0.15, -0.1) is 0 Å². The normalized spacial score (nSPS) is 11.8. The lowest BCUT2D eigenvalue weighted by Crippen LogP contribution is -2.33. The van der Waals surface area contributed by atoms with Crippen molar-refractivity contribution in [2.45, 2.75) is 13.1 Å². The highest BCUT2D eigenvalue weighted by atomic mass is 19.4. The van der Waals surface area contributed by atoms with E-state index in [4.69, 9.17) is 0 Å². The molecule has 0 aromatic heterocycles. The van der Waals surface area contributed by atoms with Crippen LogP contribution in [-0.4, -0.2) is 18.3 Å². The summed E-state index contributed by atoms with van der Waals surface area (Å²) in [6.07, 6.45) is -3.77. The molecule has 1 amide bonds. The molecule has 0 heterocycles. The largest absolute Gasteiger partial charge is 0.473 e. The molecular weight excluding hydrogens is 221 g/mol. The molecule has 0 atom stereocenters. The Bertz CT molecular complexity index is 396. The van der Waals surface area contributed by atoms with Gasteiger partial charge >= 0.3 is 12.1 Å². The fourth-order valence-corrected chi connectivity index (χ4v) is 0.881. The molecule has 0 radical (unpaired) electrons. The standard InChI is InChI=1S/C10H9F3N2O/c1-7-2-4-8(5-3-7)6-14-15-9(16)10(11,12)13/h2-6H,1H3,(H,15,16)/b14-6-. The minimum absolute atomic E-state index is 0.605. The van der Waals surface area contributed by atoms with Gasteiger partial charge in [0.2, 0.25) is 0 Å². The van der Waals surface area contributed by atoms with Gasteiger partial charge in [-0.3, -0.25) is 4.79 Å². The van der Waals surface area contributed by atoms with Crippen molar-refractivity contribution >= 4 is 12.1 Å². The summed E-state index contributed by atoms with van der Waals surface area (Å²) in [6.45, 7) is 1.88. The molecule has 0 saturated carbocycles. The lowest BCUT2D eigenvalue weighted by atomic mass is 10.2. The van der Waals surface area contributed by atoms with E-state index in [0.29, 0.717) is 5.56 Å². The average Bonchev–Trinajstić information content (AvgIpc) is 2.19. The van der Waals surface area contributed by atoms with Crippen LogP contribution in [0.15, 0.2) is 29.4 Å². The smallest absolute Gasteiger partial charge is 0.263 e. The van der Waals surface area contributed by atoms with E-state index in [2.05, 4.69) is 5.10 Å². The van der Waals surface area contributed by atoms with Gasteiger partial charge in [-0.2, -0.15) is 18.3 Å². The number of nitrogens with zero attached hydrogens (tertiary/aromatic N) is 1. The molecule has 0 fully saturated rings. The number of hydrazone groups is 1. The number of rotatable bonds is 2. The number of benzene rings is 1. The summed E-state index contributed by atoms with van der Waals surface area (Å²) in [5.41, 5.74) is 3.02. The quantitative estimate of drug-likeness (QED) is 0.612. The van der Waals surface area contributed by atoms with Crippen molar-refractivity contribution in [3.05, 3.63) is 35.4 Å². The van der Waals surface area contributed by atoms with Gasteiger partial charge in [0.05, 0.1) is 6.21 Å². The first-order valence-electron chi connectivity index (χ1n) is 4.36. The molecular formula is C10H9F3N2O. The summed E-state index contributed by atoms with van der Waals surface area (Å²) in [5.74, 6) is -2.09. The van der Waals surface area contributed by atoms with Crippen molar-refractivity contribution in [3.8, 4) is 0 Å². The third-order valence-corrected chi connectivity index (χ3v) is 1.71. The maximum atomic E-state index is 11.7. The zero-order valence-electron chi connectivity index (χ0n) is 8.38. The van der Waals surface area contributed by atoms with E-state index in [0.717, 1.165) is 11.8 Å². The first-order valence-corrected chi connectivity index (χ1v) is 4.36. The molecule has 0 unspecified atom stereocenters. The fraction of sp³-hybridized carbons (Fsp3) is 0.200. The molecule has 1 N–H and O–H groups in total. The Kier molecular flexibility index (Phi) is 3.65. The van der Waals surface area contributed by atoms with E-state index in [1.54, 1.807) is 24.3 Å². The zero-order chi connectivity index (χ0) is 12.2. The monoisotopic (exact) mass is 230 g/mol. The predicted molar refractivity (Wildman–Crippen MR) is 53.0 cm³/mol. The highest BCUT2D eigenvalue weighted by Gasteiger charge is 2.38. The van der Waals surface area contributed by atoms with Crippen LogP contribution < -0.4 is 5.43 Å². The zero-order valence-corrected chi connectivity index (χ0v) is 8.38.